The molecule has 1 aliphatic heterocycles. The van der Waals surface area contributed by atoms with Crippen molar-refractivity contribution < 1.29 is 15.0 Å². The van der Waals surface area contributed by atoms with E-state index in [2.05, 4.69) is 0 Å². The standard InChI is InChI=1S/C19H23NO3/c21-12-16(13-22)20-10-4-7-15(11-20)19(23)18-9-3-6-14-5-1-2-8-17(14)18/h1-3,5-6,8-9,15-16,21-22H,4,7,10-13H2/t15-/m1/s1. The number of hydrogen-bond acceptors (Lipinski definition) is 4. The molecule has 4 nitrogen and oxygen atoms in total. The van der Waals surface area contributed by atoms with Gasteiger partial charge in [0.1, 0.15) is 0 Å². The number of Topliss-reactive ketones (excluding diaryl/α,β-unsaturated/α-hetero) is 1. The van der Waals surface area contributed by atoms with Crippen LogP contribution >= 0.6 is 0 Å². The normalized spacial score (nSPS) is 19.3. The molecule has 3 rings (SSSR count). The second-order valence-electron chi connectivity index (χ2n) is 6.24. The number of likely N-dealkylation sites (tertiary alicyclic amines) is 1. The maximum atomic E-state index is 13.0. The van der Waals surface area contributed by atoms with E-state index in [1.54, 1.807) is 0 Å². The molecule has 2 N–H and O–H groups in total. The third-order valence-electron chi connectivity index (χ3n) is 4.82. The van der Waals surface area contributed by atoms with Crippen molar-refractivity contribution in [3.63, 3.8) is 0 Å². The summed E-state index contributed by atoms with van der Waals surface area (Å²) in [6.07, 6.45) is 1.78. The zero-order chi connectivity index (χ0) is 16.2. The van der Waals surface area contributed by atoms with Crippen molar-refractivity contribution in [3.8, 4) is 0 Å². The molecule has 122 valence electrons. The highest BCUT2D eigenvalue weighted by atomic mass is 16.3. The fraction of sp³-hybridized carbons (Fsp3) is 0.421. The molecule has 0 spiro atoms. The number of benzene rings is 2. The van der Waals surface area contributed by atoms with Gasteiger partial charge in [0.15, 0.2) is 5.78 Å². The van der Waals surface area contributed by atoms with E-state index in [9.17, 15) is 15.0 Å². The molecule has 0 bridgehead atoms. The minimum Gasteiger partial charge on any atom is -0.395 e. The van der Waals surface area contributed by atoms with E-state index in [1.807, 2.05) is 47.4 Å². The number of hydrogen-bond donors (Lipinski definition) is 2. The Kier molecular flexibility index (Phi) is 5.06. The third-order valence-corrected chi connectivity index (χ3v) is 4.82. The molecule has 1 saturated heterocycles. The van der Waals surface area contributed by atoms with Crippen LogP contribution in [0.25, 0.3) is 10.8 Å². The first kappa shape index (κ1) is 16.1. The molecule has 2 aromatic carbocycles. The van der Waals surface area contributed by atoms with Crippen LogP contribution in [-0.2, 0) is 0 Å². The van der Waals surface area contributed by atoms with E-state index in [4.69, 9.17) is 0 Å². The van der Waals surface area contributed by atoms with Crippen LogP contribution in [0.5, 0.6) is 0 Å². The van der Waals surface area contributed by atoms with Crippen molar-refractivity contribution in [1.82, 2.24) is 4.90 Å². The van der Waals surface area contributed by atoms with E-state index in [-0.39, 0.29) is 31.0 Å². The number of aliphatic hydroxyl groups excluding tert-OH is 2. The van der Waals surface area contributed by atoms with E-state index < -0.39 is 0 Å². The molecular weight excluding hydrogens is 290 g/mol. The number of nitrogens with zero attached hydrogens (tertiary/aromatic N) is 1. The van der Waals surface area contributed by atoms with Gasteiger partial charge in [0.25, 0.3) is 0 Å². The monoisotopic (exact) mass is 313 g/mol. The molecule has 23 heavy (non-hydrogen) atoms. The first-order chi connectivity index (χ1) is 11.2. The number of fused-ring (bicyclic) bond motifs is 1. The minimum absolute atomic E-state index is 0.0739. The summed E-state index contributed by atoms with van der Waals surface area (Å²) < 4.78 is 0. The van der Waals surface area contributed by atoms with Gasteiger partial charge in [-0.2, -0.15) is 0 Å². The van der Waals surface area contributed by atoms with Gasteiger partial charge >= 0.3 is 0 Å². The highest BCUT2D eigenvalue weighted by Crippen LogP contribution is 2.26. The average Bonchev–Trinajstić information content (AvgIpc) is 2.62. The van der Waals surface area contributed by atoms with Crippen molar-refractivity contribution in [2.24, 2.45) is 5.92 Å². The summed E-state index contributed by atoms with van der Waals surface area (Å²) in [4.78, 5) is 15.0. The molecule has 0 amide bonds. The summed E-state index contributed by atoms with van der Waals surface area (Å²) in [5, 5.41) is 20.8. The maximum absolute atomic E-state index is 13.0. The van der Waals surface area contributed by atoms with Crippen LogP contribution in [-0.4, -0.2) is 53.2 Å². The Hall–Kier alpha value is -1.75. The molecule has 0 radical (unpaired) electrons. The Morgan fingerprint density at radius 1 is 1.13 bits per heavy atom. The highest BCUT2D eigenvalue weighted by Gasteiger charge is 2.30. The summed E-state index contributed by atoms with van der Waals surface area (Å²) in [6, 6.07) is 13.5. The van der Waals surface area contributed by atoms with Gasteiger partial charge in [0, 0.05) is 18.0 Å². The zero-order valence-corrected chi connectivity index (χ0v) is 13.2. The molecule has 4 heteroatoms. The first-order valence-corrected chi connectivity index (χ1v) is 8.22. The Balaban J connectivity index is 1.84. The Bertz CT molecular complexity index is 676. The summed E-state index contributed by atoms with van der Waals surface area (Å²) in [5.41, 5.74) is 0.777. The number of piperidine rings is 1. The molecule has 1 fully saturated rings. The lowest BCUT2D eigenvalue weighted by Gasteiger charge is -2.36. The third kappa shape index (κ3) is 3.29. The fourth-order valence-corrected chi connectivity index (χ4v) is 3.50. The van der Waals surface area contributed by atoms with Gasteiger partial charge in [-0.3, -0.25) is 9.69 Å². The summed E-state index contributed by atoms with van der Waals surface area (Å²) >= 11 is 0. The lowest BCUT2D eigenvalue weighted by Crippen LogP contribution is -2.47. The number of carbonyl (C=O) groups excluding carboxylic acids is 1. The number of rotatable bonds is 5. The van der Waals surface area contributed by atoms with Crippen molar-refractivity contribution in [3.05, 3.63) is 48.0 Å². The first-order valence-electron chi connectivity index (χ1n) is 8.22. The molecular formula is C19H23NO3. The average molecular weight is 313 g/mol. The van der Waals surface area contributed by atoms with Crippen molar-refractivity contribution in [1.29, 1.82) is 0 Å². The molecule has 0 aromatic heterocycles. The van der Waals surface area contributed by atoms with Gasteiger partial charge in [-0.15, -0.1) is 0 Å². The Morgan fingerprint density at radius 2 is 1.87 bits per heavy atom. The largest absolute Gasteiger partial charge is 0.395 e. The minimum atomic E-state index is -0.266. The van der Waals surface area contributed by atoms with Crippen molar-refractivity contribution in [2.75, 3.05) is 26.3 Å². The summed E-state index contributed by atoms with van der Waals surface area (Å²) in [6.45, 7) is 1.27. The molecule has 2 aromatic rings. The van der Waals surface area contributed by atoms with Gasteiger partial charge in [-0.1, -0.05) is 42.5 Å². The molecule has 1 aliphatic rings. The predicted molar refractivity (Wildman–Crippen MR) is 90.5 cm³/mol. The number of aliphatic hydroxyl groups is 2. The van der Waals surface area contributed by atoms with E-state index >= 15 is 0 Å². The zero-order valence-electron chi connectivity index (χ0n) is 13.2. The summed E-state index contributed by atoms with van der Waals surface area (Å²) in [5.74, 6) is 0.0938. The van der Waals surface area contributed by atoms with Crippen LogP contribution in [0.15, 0.2) is 42.5 Å². The molecule has 0 saturated carbocycles. The number of carbonyl (C=O) groups is 1. The van der Waals surface area contributed by atoms with Crippen molar-refractivity contribution in [2.45, 2.75) is 18.9 Å². The van der Waals surface area contributed by atoms with E-state index in [1.165, 1.54) is 0 Å². The quantitative estimate of drug-likeness (QED) is 0.830. The second-order valence-corrected chi connectivity index (χ2v) is 6.24. The lowest BCUT2D eigenvalue weighted by molar-refractivity contribution is 0.0409. The lowest BCUT2D eigenvalue weighted by atomic mass is 9.87. The Labute approximate surface area is 136 Å². The van der Waals surface area contributed by atoms with Gasteiger partial charge in [0.05, 0.1) is 19.3 Å². The van der Waals surface area contributed by atoms with Crippen LogP contribution in [0, 0.1) is 5.92 Å². The van der Waals surface area contributed by atoms with Crippen LogP contribution in [0.4, 0.5) is 0 Å². The molecule has 1 atom stereocenters. The second kappa shape index (κ2) is 7.21. The van der Waals surface area contributed by atoms with E-state index in [0.29, 0.717) is 6.54 Å². The van der Waals surface area contributed by atoms with Gasteiger partial charge < -0.3 is 10.2 Å². The van der Waals surface area contributed by atoms with Crippen LogP contribution in [0.3, 0.4) is 0 Å². The van der Waals surface area contributed by atoms with Gasteiger partial charge in [0.2, 0.25) is 0 Å². The van der Waals surface area contributed by atoms with Gasteiger partial charge in [-0.05, 0) is 30.2 Å². The SMILES string of the molecule is O=C(c1cccc2ccccc12)[C@@H]1CCCN(C(CO)CO)C1. The van der Waals surface area contributed by atoms with Crippen LogP contribution < -0.4 is 0 Å². The molecule has 0 unspecified atom stereocenters. The molecule has 0 aliphatic carbocycles. The fourth-order valence-electron chi connectivity index (χ4n) is 3.50. The smallest absolute Gasteiger partial charge is 0.167 e. The number of ketones is 1. The molecule has 1 heterocycles. The van der Waals surface area contributed by atoms with Gasteiger partial charge in [-0.25, -0.2) is 0 Å². The maximum Gasteiger partial charge on any atom is 0.167 e. The van der Waals surface area contributed by atoms with Crippen molar-refractivity contribution >= 4 is 16.6 Å². The Morgan fingerprint density at radius 3 is 2.65 bits per heavy atom. The van der Waals surface area contributed by atoms with E-state index in [0.717, 1.165) is 35.7 Å². The van der Waals surface area contributed by atoms with Crippen LogP contribution in [0.2, 0.25) is 0 Å². The summed E-state index contributed by atoms with van der Waals surface area (Å²) in [7, 11) is 0. The highest BCUT2D eigenvalue weighted by molar-refractivity contribution is 6.09. The predicted octanol–water partition coefficient (Wildman–Crippen LogP) is 2.09. The van der Waals surface area contributed by atoms with Crippen LogP contribution in [0.1, 0.15) is 23.2 Å². The topological polar surface area (TPSA) is 60.8 Å².